The van der Waals surface area contributed by atoms with Crippen LogP contribution in [0.2, 0.25) is 0 Å². The van der Waals surface area contributed by atoms with Crippen molar-refractivity contribution < 1.29 is 14.3 Å². The number of piperazine rings is 1. The van der Waals surface area contributed by atoms with Crippen LogP contribution in [-0.2, 0) is 13.0 Å². The van der Waals surface area contributed by atoms with E-state index in [-0.39, 0.29) is 35.9 Å². The highest BCUT2D eigenvalue weighted by Gasteiger charge is 2.28. The van der Waals surface area contributed by atoms with Gasteiger partial charge in [0.1, 0.15) is 6.61 Å². The van der Waals surface area contributed by atoms with Gasteiger partial charge in [0.15, 0.2) is 11.4 Å². The van der Waals surface area contributed by atoms with Crippen LogP contribution in [0.4, 0.5) is 0 Å². The van der Waals surface area contributed by atoms with Gasteiger partial charge in [0.05, 0.1) is 23.2 Å². The average Bonchev–Trinajstić information content (AvgIpc) is 3.37. The Balaban J connectivity index is 1.37. The van der Waals surface area contributed by atoms with Crippen molar-refractivity contribution in [1.82, 2.24) is 20.1 Å². The molecule has 8 nitrogen and oxygen atoms in total. The van der Waals surface area contributed by atoms with E-state index in [9.17, 15) is 14.9 Å². The lowest BCUT2D eigenvalue weighted by molar-refractivity contribution is 0.0641. The number of hydrogen-bond acceptors (Lipinski definition) is 6. The second-order valence-electron chi connectivity index (χ2n) is 9.66. The van der Waals surface area contributed by atoms with Gasteiger partial charge >= 0.3 is 0 Å². The lowest BCUT2D eigenvalue weighted by atomic mass is 10.1. The normalized spacial score (nSPS) is 16.9. The lowest BCUT2D eigenvalue weighted by Crippen LogP contribution is -2.48. The van der Waals surface area contributed by atoms with E-state index in [0.717, 1.165) is 49.2 Å². The van der Waals surface area contributed by atoms with Gasteiger partial charge in [0.25, 0.3) is 11.8 Å². The number of nitrogens with zero attached hydrogens (tertiary/aromatic N) is 4. The summed E-state index contributed by atoms with van der Waals surface area (Å²) in [6.45, 7) is 6.33. The Morgan fingerprint density at radius 1 is 1.11 bits per heavy atom. The second kappa shape index (κ2) is 11.4. The number of amides is 2. The third-order valence-electron chi connectivity index (χ3n) is 7.31. The van der Waals surface area contributed by atoms with E-state index in [1.807, 2.05) is 47.4 Å². The molecule has 0 bridgehead atoms. The molecule has 0 spiro atoms. The van der Waals surface area contributed by atoms with Gasteiger partial charge in [-0.05, 0) is 54.3 Å². The summed E-state index contributed by atoms with van der Waals surface area (Å²) in [7, 11) is 0. The van der Waals surface area contributed by atoms with Crippen LogP contribution in [0.3, 0.4) is 0 Å². The predicted molar refractivity (Wildman–Crippen MR) is 143 cm³/mol. The van der Waals surface area contributed by atoms with Gasteiger partial charge in [-0.3, -0.25) is 9.59 Å². The average molecular weight is 510 g/mol. The van der Waals surface area contributed by atoms with Crippen LogP contribution in [0.1, 0.15) is 62.5 Å². The van der Waals surface area contributed by atoms with Gasteiger partial charge in [-0.1, -0.05) is 43.3 Å². The van der Waals surface area contributed by atoms with E-state index in [1.165, 1.54) is 6.20 Å². The number of ether oxygens (including phenoxy) is 1. The Hall–Kier alpha value is -4.22. The molecular weight excluding hydrogens is 478 g/mol. The monoisotopic (exact) mass is 509 g/mol. The predicted octanol–water partition coefficient (Wildman–Crippen LogP) is 3.73. The number of aromatic nitrogens is 1. The van der Waals surface area contributed by atoms with Crippen molar-refractivity contribution >= 4 is 11.8 Å². The van der Waals surface area contributed by atoms with Crippen LogP contribution < -0.4 is 10.1 Å². The summed E-state index contributed by atoms with van der Waals surface area (Å²) in [5, 5.41) is 12.3. The first-order valence-corrected chi connectivity index (χ1v) is 13.1. The van der Waals surface area contributed by atoms with Gasteiger partial charge < -0.3 is 19.9 Å². The number of carbonyl (C=O) groups is 2. The fourth-order valence-electron chi connectivity index (χ4n) is 5.09. The first kappa shape index (κ1) is 25.4. The molecule has 3 aromatic rings. The van der Waals surface area contributed by atoms with Crippen LogP contribution in [-0.4, -0.2) is 59.3 Å². The van der Waals surface area contributed by atoms with Crippen molar-refractivity contribution in [2.75, 3.05) is 32.7 Å². The van der Waals surface area contributed by atoms with Crippen molar-refractivity contribution in [3.8, 4) is 11.8 Å². The van der Waals surface area contributed by atoms with E-state index < -0.39 is 0 Å². The maximum absolute atomic E-state index is 13.4. The van der Waals surface area contributed by atoms with Crippen LogP contribution in [0.25, 0.3) is 0 Å². The van der Waals surface area contributed by atoms with E-state index >= 15 is 0 Å². The molecule has 1 fully saturated rings. The van der Waals surface area contributed by atoms with E-state index in [2.05, 4.69) is 28.2 Å². The molecule has 194 valence electrons. The molecule has 0 radical (unpaired) electrons. The quantitative estimate of drug-likeness (QED) is 0.521. The lowest BCUT2D eigenvalue weighted by Gasteiger charge is -2.34. The summed E-state index contributed by atoms with van der Waals surface area (Å²) in [6, 6.07) is 18.9. The highest BCUT2D eigenvalue weighted by molar-refractivity contribution is 5.98. The molecule has 1 saturated heterocycles. The molecule has 1 aliphatic carbocycles. The summed E-state index contributed by atoms with van der Waals surface area (Å²) in [6.07, 6.45) is 3.01. The van der Waals surface area contributed by atoms with Gasteiger partial charge in [-0.2, -0.15) is 5.26 Å². The number of hydrogen-bond donors (Lipinski definition) is 1. The number of aryl methyl sites for hydroxylation is 1. The first-order valence-electron chi connectivity index (χ1n) is 13.1. The summed E-state index contributed by atoms with van der Waals surface area (Å²) < 4.78 is 6.08. The number of nitriles is 1. The standard InChI is InChI=1S/C30H31N5O3/c1-2-34-12-14-35(15-13-34)30(37)24-17-27(38-20-21-6-4-3-5-7-21)28(32-19-24)29(36)33-26-11-9-23-16-22(18-31)8-10-25(23)26/h3-8,10,16-17,19,26H,2,9,11-15,20H2,1H3,(H,33,36)/t26-/m1/s1. The molecule has 5 rings (SSSR count). The summed E-state index contributed by atoms with van der Waals surface area (Å²) >= 11 is 0. The molecule has 2 amide bonds. The molecular formula is C30H31N5O3. The topological polar surface area (TPSA) is 98.6 Å². The smallest absolute Gasteiger partial charge is 0.274 e. The number of rotatable bonds is 7. The number of likely N-dealkylation sites (N-methyl/N-ethyl adjacent to an activating group) is 1. The number of benzene rings is 2. The molecule has 8 heteroatoms. The summed E-state index contributed by atoms with van der Waals surface area (Å²) in [4.78, 5) is 35.2. The summed E-state index contributed by atoms with van der Waals surface area (Å²) in [5.41, 5.74) is 4.21. The zero-order valence-corrected chi connectivity index (χ0v) is 21.5. The van der Waals surface area contributed by atoms with Gasteiger partial charge in [0.2, 0.25) is 0 Å². The molecule has 1 N–H and O–H groups in total. The number of pyridine rings is 1. The maximum atomic E-state index is 13.4. The minimum atomic E-state index is -0.356. The fourth-order valence-corrected chi connectivity index (χ4v) is 5.09. The fraction of sp³-hybridized carbons (Fsp3) is 0.333. The highest BCUT2D eigenvalue weighted by atomic mass is 16.5. The number of fused-ring (bicyclic) bond motifs is 1. The van der Waals surface area contributed by atoms with Crippen LogP contribution in [0.15, 0.2) is 60.8 Å². The largest absolute Gasteiger partial charge is 0.486 e. The van der Waals surface area contributed by atoms with Crippen molar-refractivity contribution in [3.05, 3.63) is 94.3 Å². The third kappa shape index (κ3) is 5.53. The molecule has 2 heterocycles. The molecule has 0 unspecified atom stereocenters. The minimum absolute atomic E-state index is 0.109. The first-order chi connectivity index (χ1) is 18.6. The van der Waals surface area contributed by atoms with Gasteiger partial charge in [-0.15, -0.1) is 0 Å². The zero-order valence-electron chi connectivity index (χ0n) is 21.5. The Bertz CT molecular complexity index is 1360. The number of carbonyl (C=O) groups excluding carboxylic acids is 2. The van der Waals surface area contributed by atoms with Crippen molar-refractivity contribution in [2.45, 2.75) is 32.4 Å². The molecule has 1 atom stereocenters. The Kier molecular flexibility index (Phi) is 7.66. The third-order valence-corrected chi connectivity index (χ3v) is 7.31. The Morgan fingerprint density at radius 2 is 1.89 bits per heavy atom. The highest BCUT2D eigenvalue weighted by Crippen LogP contribution is 2.32. The van der Waals surface area contributed by atoms with Crippen LogP contribution >= 0.6 is 0 Å². The molecule has 0 saturated carbocycles. The SMILES string of the molecule is CCN1CCN(C(=O)c2cnc(C(=O)N[C@@H]3CCc4cc(C#N)ccc43)c(OCc3ccccc3)c2)CC1. The molecule has 38 heavy (non-hydrogen) atoms. The molecule has 2 aromatic carbocycles. The number of nitrogens with one attached hydrogen (secondary N) is 1. The van der Waals surface area contributed by atoms with Crippen LogP contribution in [0.5, 0.6) is 5.75 Å². The van der Waals surface area contributed by atoms with Crippen LogP contribution in [0, 0.1) is 11.3 Å². The molecule has 1 aliphatic heterocycles. The van der Waals surface area contributed by atoms with Crippen molar-refractivity contribution in [3.63, 3.8) is 0 Å². The van der Waals surface area contributed by atoms with Crippen molar-refractivity contribution in [1.29, 1.82) is 5.26 Å². The summed E-state index contributed by atoms with van der Waals surface area (Å²) in [5.74, 6) is -0.184. The Morgan fingerprint density at radius 3 is 2.63 bits per heavy atom. The van der Waals surface area contributed by atoms with E-state index in [0.29, 0.717) is 24.2 Å². The van der Waals surface area contributed by atoms with Crippen molar-refractivity contribution in [2.24, 2.45) is 0 Å². The maximum Gasteiger partial charge on any atom is 0.274 e. The Labute approximate surface area is 222 Å². The van der Waals surface area contributed by atoms with Gasteiger partial charge in [-0.25, -0.2) is 4.98 Å². The van der Waals surface area contributed by atoms with E-state index in [4.69, 9.17) is 4.74 Å². The molecule has 2 aliphatic rings. The second-order valence-corrected chi connectivity index (χ2v) is 9.66. The van der Waals surface area contributed by atoms with Gasteiger partial charge in [0, 0.05) is 32.4 Å². The minimum Gasteiger partial charge on any atom is -0.486 e. The van der Waals surface area contributed by atoms with E-state index in [1.54, 1.807) is 12.1 Å². The zero-order chi connectivity index (χ0) is 26.5. The molecule has 1 aromatic heterocycles.